The molecule has 2 heterocycles. The highest BCUT2D eigenvalue weighted by atomic mass is 32.2. The van der Waals surface area contributed by atoms with E-state index in [-0.39, 0.29) is 0 Å². The van der Waals surface area contributed by atoms with Crippen molar-refractivity contribution in [3.8, 4) is 0 Å². The Morgan fingerprint density at radius 1 is 1.40 bits per heavy atom. The van der Waals surface area contributed by atoms with Crippen LogP contribution in [-0.2, 0) is 12.2 Å². The molecule has 1 aliphatic carbocycles. The summed E-state index contributed by atoms with van der Waals surface area (Å²) < 4.78 is 7.24. The van der Waals surface area contributed by atoms with Crippen molar-refractivity contribution in [1.82, 2.24) is 24.9 Å². The fraction of sp³-hybridized carbons (Fsp3) is 0.667. The zero-order valence-corrected chi connectivity index (χ0v) is 12.4. The number of nitrogen functional groups attached to an aromatic ring is 1. The summed E-state index contributed by atoms with van der Waals surface area (Å²) in [6.45, 7) is 4.26. The van der Waals surface area contributed by atoms with E-state index in [1.54, 1.807) is 0 Å². The van der Waals surface area contributed by atoms with Gasteiger partial charge in [-0.15, -0.1) is 10.2 Å². The molecule has 2 N–H and O–H groups in total. The maximum Gasteiger partial charge on any atom is 0.237 e. The van der Waals surface area contributed by atoms with Gasteiger partial charge in [-0.1, -0.05) is 30.8 Å². The van der Waals surface area contributed by atoms with Crippen LogP contribution in [0.3, 0.4) is 0 Å². The largest absolute Gasteiger partial charge is 0.368 e. The highest BCUT2D eigenvalue weighted by molar-refractivity contribution is 7.98. The molecule has 0 bridgehead atoms. The lowest BCUT2D eigenvalue weighted by Gasteiger charge is -2.03. The van der Waals surface area contributed by atoms with Crippen molar-refractivity contribution in [3.63, 3.8) is 0 Å². The van der Waals surface area contributed by atoms with Gasteiger partial charge in [0.25, 0.3) is 0 Å². The summed E-state index contributed by atoms with van der Waals surface area (Å²) >= 11 is 1.53. The van der Waals surface area contributed by atoms with Gasteiger partial charge >= 0.3 is 0 Å². The molecule has 0 aromatic carbocycles. The smallest absolute Gasteiger partial charge is 0.237 e. The second-order valence-electron chi connectivity index (χ2n) is 5.43. The van der Waals surface area contributed by atoms with Crippen LogP contribution < -0.4 is 5.73 Å². The normalized spacial score (nSPS) is 15.2. The topological polar surface area (TPSA) is 95.6 Å². The van der Waals surface area contributed by atoms with E-state index >= 15 is 0 Å². The molecular weight excluding hydrogens is 276 g/mol. The predicted molar refractivity (Wildman–Crippen MR) is 75.1 cm³/mol. The van der Waals surface area contributed by atoms with E-state index in [1.807, 2.05) is 4.57 Å². The van der Waals surface area contributed by atoms with Crippen molar-refractivity contribution >= 4 is 17.7 Å². The van der Waals surface area contributed by atoms with Crippen LogP contribution in [0, 0.1) is 5.92 Å². The van der Waals surface area contributed by atoms with Gasteiger partial charge in [-0.3, -0.25) is 4.57 Å². The second kappa shape index (κ2) is 5.43. The van der Waals surface area contributed by atoms with Gasteiger partial charge in [-0.05, 0) is 18.8 Å². The minimum Gasteiger partial charge on any atom is -0.368 e. The fourth-order valence-electron chi connectivity index (χ4n) is 1.99. The molecular formula is C12H18N6OS. The van der Waals surface area contributed by atoms with E-state index in [2.05, 4.69) is 34.2 Å². The Kier molecular flexibility index (Phi) is 3.64. The Morgan fingerprint density at radius 2 is 2.20 bits per heavy atom. The Morgan fingerprint density at radius 3 is 2.90 bits per heavy atom. The van der Waals surface area contributed by atoms with Crippen molar-refractivity contribution < 1.29 is 4.52 Å². The van der Waals surface area contributed by atoms with Gasteiger partial charge in [0.1, 0.15) is 0 Å². The lowest BCUT2D eigenvalue weighted by atomic mass is 10.1. The zero-order valence-electron chi connectivity index (χ0n) is 11.6. The summed E-state index contributed by atoms with van der Waals surface area (Å²) in [7, 11) is 0. The quantitative estimate of drug-likeness (QED) is 0.815. The molecule has 3 rings (SSSR count). The number of nitrogens with zero attached hydrogens (tertiary/aromatic N) is 5. The van der Waals surface area contributed by atoms with Gasteiger partial charge in [0.05, 0.1) is 5.75 Å². The number of nitrogens with two attached hydrogens (primary N) is 1. The lowest BCUT2D eigenvalue weighted by molar-refractivity contribution is 0.382. The van der Waals surface area contributed by atoms with E-state index in [1.165, 1.54) is 11.8 Å². The van der Waals surface area contributed by atoms with Gasteiger partial charge in [-0.25, -0.2) is 0 Å². The van der Waals surface area contributed by atoms with Crippen molar-refractivity contribution in [2.24, 2.45) is 5.92 Å². The standard InChI is InChI=1S/C12H18N6OS/c1-7(2)5-9-14-10(19-17-9)6-20-12-16-15-11(13)18(12)8-3-4-8/h7-8H,3-6H2,1-2H3,(H2,13,15). The SMILES string of the molecule is CC(C)Cc1noc(CSc2nnc(N)n2C2CC2)n1. The minimum absolute atomic E-state index is 0.465. The van der Waals surface area contributed by atoms with Crippen molar-refractivity contribution in [2.75, 3.05) is 5.73 Å². The van der Waals surface area contributed by atoms with E-state index in [0.717, 1.165) is 30.2 Å². The fourth-order valence-corrected chi connectivity index (χ4v) is 2.84. The molecule has 108 valence electrons. The molecule has 1 aliphatic rings. The van der Waals surface area contributed by atoms with Crippen molar-refractivity contribution in [2.45, 2.75) is 50.1 Å². The Hall–Kier alpha value is -1.57. The molecule has 2 aromatic rings. The number of hydrogen-bond donors (Lipinski definition) is 1. The first-order valence-corrected chi connectivity index (χ1v) is 7.76. The Balaban J connectivity index is 1.63. The third kappa shape index (κ3) is 2.95. The van der Waals surface area contributed by atoms with Crippen LogP contribution in [0.1, 0.15) is 44.4 Å². The molecule has 0 atom stereocenters. The minimum atomic E-state index is 0.465. The van der Waals surface area contributed by atoms with Gasteiger partial charge in [-0.2, -0.15) is 4.98 Å². The molecule has 0 unspecified atom stereocenters. The van der Waals surface area contributed by atoms with E-state index < -0.39 is 0 Å². The number of rotatable bonds is 6. The highest BCUT2D eigenvalue weighted by Gasteiger charge is 2.29. The lowest BCUT2D eigenvalue weighted by Crippen LogP contribution is -2.02. The molecule has 1 saturated carbocycles. The average Bonchev–Trinajstić information content (AvgIpc) is 3.02. The van der Waals surface area contributed by atoms with Crippen molar-refractivity contribution in [1.29, 1.82) is 0 Å². The predicted octanol–water partition coefficient (Wildman–Crippen LogP) is 2.07. The molecule has 2 aromatic heterocycles. The Bertz CT molecular complexity index is 589. The molecule has 8 heteroatoms. The van der Waals surface area contributed by atoms with Crippen LogP contribution in [0.15, 0.2) is 9.68 Å². The molecule has 0 spiro atoms. The van der Waals surface area contributed by atoms with Crippen LogP contribution in [0.4, 0.5) is 5.95 Å². The maximum absolute atomic E-state index is 5.83. The molecule has 0 aliphatic heterocycles. The summed E-state index contributed by atoms with van der Waals surface area (Å²) in [6, 6.07) is 0.465. The summed E-state index contributed by atoms with van der Waals surface area (Å²) in [5, 5.41) is 12.9. The van der Waals surface area contributed by atoms with E-state index in [0.29, 0.717) is 29.6 Å². The molecule has 20 heavy (non-hydrogen) atoms. The van der Waals surface area contributed by atoms with Gasteiger partial charge in [0.15, 0.2) is 11.0 Å². The van der Waals surface area contributed by atoms with E-state index in [4.69, 9.17) is 10.3 Å². The molecule has 0 amide bonds. The highest BCUT2D eigenvalue weighted by Crippen LogP contribution is 2.39. The molecule has 7 nitrogen and oxygen atoms in total. The molecule has 0 radical (unpaired) electrons. The molecule has 0 saturated heterocycles. The van der Waals surface area contributed by atoms with Crippen LogP contribution in [0.2, 0.25) is 0 Å². The van der Waals surface area contributed by atoms with Gasteiger partial charge in [0, 0.05) is 12.5 Å². The number of thioether (sulfide) groups is 1. The second-order valence-corrected chi connectivity index (χ2v) is 6.38. The summed E-state index contributed by atoms with van der Waals surface area (Å²) in [6.07, 6.45) is 3.13. The third-order valence-corrected chi connectivity index (χ3v) is 3.96. The van der Waals surface area contributed by atoms with Crippen molar-refractivity contribution in [3.05, 3.63) is 11.7 Å². The molecule has 1 fully saturated rings. The van der Waals surface area contributed by atoms with E-state index in [9.17, 15) is 0 Å². The average molecular weight is 294 g/mol. The van der Waals surface area contributed by atoms with Crippen LogP contribution in [0.5, 0.6) is 0 Å². The van der Waals surface area contributed by atoms with Crippen LogP contribution >= 0.6 is 11.8 Å². The number of anilines is 1. The summed E-state index contributed by atoms with van der Waals surface area (Å²) in [5.74, 6) is 2.98. The summed E-state index contributed by atoms with van der Waals surface area (Å²) in [5.41, 5.74) is 5.83. The van der Waals surface area contributed by atoms with Gasteiger partial charge < -0.3 is 10.3 Å². The Labute approximate surface area is 121 Å². The van der Waals surface area contributed by atoms with Crippen LogP contribution in [0.25, 0.3) is 0 Å². The number of aromatic nitrogens is 5. The first-order valence-electron chi connectivity index (χ1n) is 6.78. The first kappa shape index (κ1) is 13.4. The maximum atomic E-state index is 5.83. The first-order chi connectivity index (χ1) is 9.63. The van der Waals surface area contributed by atoms with Crippen LogP contribution in [-0.4, -0.2) is 24.9 Å². The van der Waals surface area contributed by atoms with Gasteiger partial charge in [0.2, 0.25) is 11.8 Å². The third-order valence-electron chi connectivity index (χ3n) is 3.03. The summed E-state index contributed by atoms with van der Waals surface area (Å²) in [4.78, 5) is 4.38. The number of hydrogen-bond acceptors (Lipinski definition) is 7. The zero-order chi connectivity index (χ0) is 14.1. The monoisotopic (exact) mass is 294 g/mol.